The molecule has 20 heavy (non-hydrogen) atoms. The van der Waals surface area contributed by atoms with Crippen LogP contribution in [0.2, 0.25) is 0 Å². The number of morpholine rings is 1. The molecular formula is C12H15N3O5. The highest BCUT2D eigenvalue weighted by Gasteiger charge is 2.28. The van der Waals surface area contributed by atoms with E-state index in [0.717, 1.165) is 6.07 Å². The predicted molar refractivity (Wildman–Crippen MR) is 72.0 cm³/mol. The first-order valence-electron chi connectivity index (χ1n) is 6.21. The monoisotopic (exact) mass is 281 g/mol. The first kappa shape index (κ1) is 14.2. The van der Waals surface area contributed by atoms with Gasteiger partial charge in [-0.2, -0.15) is 0 Å². The lowest BCUT2D eigenvalue weighted by Gasteiger charge is -2.36. The maximum absolute atomic E-state index is 11.1. The molecule has 1 aliphatic rings. The van der Waals surface area contributed by atoms with Crippen LogP contribution in [0, 0.1) is 20.2 Å². The molecule has 1 saturated heterocycles. The number of nitro benzene ring substituents is 2. The van der Waals surface area contributed by atoms with Gasteiger partial charge in [0.2, 0.25) is 0 Å². The van der Waals surface area contributed by atoms with Gasteiger partial charge in [0.15, 0.2) is 0 Å². The second-order valence-electron chi connectivity index (χ2n) is 4.85. The van der Waals surface area contributed by atoms with Crippen LogP contribution >= 0.6 is 0 Å². The van der Waals surface area contributed by atoms with Crippen LogP contribution in [0.4, 0.5) is 17.1 Å². The second-order valence-corrected chi connectivity index (χ2v) is 4.85. The van der Waals surface area contributed by atoms with Crippen LogP contribution < -0.4 is 4.90 Å². The van der Waals surface area contributed by atoms with Gasteiger partial charge >= 0.3 is 0 Å². The van der Waals surface area contributed by atoms with Gasteiger partial charge in [0.25, 0.3) is 11.4 Å². The Kier molecular flexibility index (Phi) is 3.84. The molecule has 0 aliphatic carbocycles. The topological polar surface area (TPSA) is 98.8 Å². The van der Waals surface area contributed by atoms with Crippen molar-refractivity contribution >= 4 is 17.1 Å². The van der Waals surface area contributed by atoms with Crippen molar-refractivity contribution < 1.29 is 14.6 Å². The van der Waals surface area contributed by atoms with Crippen LogP contribution in [-0.4, -0.2) is 35.1 Å². The van der Waals surface area contributed by atoms with Crippen LogP contribution in [0.1, 0.15) is 13.8 Å². The number of rotatable bonds is 3. The van der Waals surface area contributed by atoms with Crippen molar-refractivity contribution in [3.8, 4) is 0 Å². The molecule has 1 aliphatic heterocycles. The molecule has 2 rings (SSSR count). The van der Waals surface area contributed by atoms with E-state index in [9.17, 15) is 20.2 Å². The van der Waals surface area contributed by atoms with Gasteiger partial charge in [-0.25, -0.2) is 0 Å². The maximum Gasteiger partial charge on any atom is 0.299 e. The minimum absolute atomic E-state index is 0.0476. The summed E-state index contributed by atoms with van der Waals surface area (Å²) in [5.41, 5.74) is -0.141. The van der Waals surface area contributed by atoms with Crippen molar-refractivity contribution in [1.82, 2.24) is 0 Å². The molecule has 1 aromatic carbocycles. The van der Waals surface area contributed by atoms with Crippen molar-refractivity contribution in [3.05, 3.63) is 38.4 Å². The summed E-state index contributed by atoms with van der Waals surface area (Å²) in [4.78, 5) is 22.5. The molecule has 8 heteroatoms. The van der Waals surface area contributed by atoms with Crippen molar-refractivity contribution in [2.24, 2.45) is 0 Å². The summed E-state index contributed by atoms with van der Waals surface area (Å²) in [7, 11) is 0. The summed E-state index contributed by atoms with van der Waals surface area (Å²) in [5.74, 6) is 0. The number of benzene rings is 1. The highest BCUT2D eigenvalue weighted by Crippen LogP contribution is 2.33. The van der Waals surface area contributed by atoms with E-state index < -0.39 is 9.85 Å². The lowest BCUT2D eigenvalue weighted by atomic mass is 10.1. The van der Waals surface area contributed by atoms with E-state index in [1.807, 2.05) is 18.7 Å². The molecule has 108 valence electrons. The molecule has 2 unspecified atom stereocenters. The Morgan fingerprint density at radius 1 is 1.15 bits per heavy atom. The molecule has 1 fully saturated rings. The second kappa shape index (κ2) is 5.41. The number of ether oxygens (including phenoxy) is 1. The van der Waals surface area contributed by atoms with Crippen LogP contribution in [0.25, 0.3) is 0 Å². The van der Waals surface area contributed by atoms with Gasteiger partial charge in [-0.1, -0.05) is 0 Å². The van der Waals surface area contributed by atoms with E-state index in [1.54, 1.807) is 0 Å². The molecule has 2 atom stereocenters. The lowest BCUT2D eigenvalue weighted by molar-refractivity contribution is -0.393. The van der Waals surface area contributed by atoms with Crippen molar-refractivity contribution in [2.45, 2.75) is 26.1 Å². The Morgan fingerprint density at radius 2 is 1.75 bits per heavy atom. The molecule has 0 aromatic heterocycles. The molecule has 1 heterocycles. The van der Waals surface area contributed by atoms with Gasteiger partial charge in [0, 0.05) is 19.2 Å². The summed E-state index contributed by atoms with van der Waals surface area (Å²) in [6.45, 7) is 4.81. The lowest BCUT2D eigenvalue weighted by Crippen LogP contribution is -2.45. The van der Waals surface area contributed by atoms with Gasteiger partial charge in [-0.15, -0.1) is 0 Å². The standard InChI is InChI=1S/C12H15N3O5/c1-8-6-13(7-9(2)20-8)11-4-3-10(14(16)17)5-12(11)15(18)19/h3-5,8-9H,6-7H2,1-2H3. The number of anilines is 1. The molecule has 0 radical (unpaired) electrons. The summed E-state index contributed by atoms with van der Waals surface area (Å²) in [6.07, 6.45) is -0.0953. The Balaban J connectivity index is 2.40. The fourth-order valence-corrected chi connectivity index (χ4v) is 2.41. The quantitative estimate of drug-likeness (QED) is 0.621. The Bertz CT molecular complexity index is 538. The summed E-state index contributed by atoms with van der Waals surface area (Å²) in [5, 5.41) is 21.8. The zero-order valence-electron chi connectivity index (χ0n) is 11.2. The van der Waals surface area contributed by atoms with Gasteiger partial charge in [-0.05, 0) is 19.9 Å². The van der Waals surface area contributed by atoms with E-state index in [-0.39, 0.29) is 23.6 Å². The fraction of sp³-hybridized carbons (Fsp3) is 0.500. The van der Waals surface area contributed by atoms with E-state index >= 15 is 0 Å². The number of non-ortho nitro benzene ring substituents is 1. The van der Waals surface area contributed by atoms with Crippen LogP contribution in [0.15, 0.2) is 18.2 Å². The molecular weight excluding hydrogens is 266 g/mol. The normalized spacial score (nSPS) is 22.6. The highest BCUT2D eigenvalue weighted by molar-refractivity contribution is 5.67. The van der Waals surface area contributed by atoms with Crippen molar-refractivity contribution in [1.29, 1.82) is 0 Å². The van der Waals surface area contributed by atoms with E-state index in [1.165, 1.54) is 12.1 Å². The number of nitro groups is 2. The molecule has 8 nitrogen and oxygen atoms in total. The van der Waals surface area contributed by atoms with E-state index in [0.29, 0.717) is 18.8 Å². The molecule has 0 spiro atoms. The Labute approximate surface area is 115 Å². The van der Waals surface area contributed by atoms with Crippen LogP contribution in [0.5, 0.6) is 0 Å². The third kappa shape index (κ3) is 2.85. The smallest absolute Gasteiger partial charge is 0.299 e. The number of hydrogen-bond donors (Lipinski definition) is 0. The average molecular weight is 281 g/mol. The Hall–Kier alpha value is -2.22. The first-order valence-corrected chi connectivity index (χ1v) is 6.21. The van der Waals surface area contributed by atoms with Crippen LogP contribution in [-0.2, 0) is 4.74 Å². The van der Waals surface area contributed by atoms with Crippen LogP contribution in [0.3, 0.4) is 0 Å². The average Bonchev–Trinajstić information content (AvgIpc) is 2.36. The molecule has 0 saturated carbocycles. The largest absolute Gasteiger partial charge is 0.372 e. The summed E-state index contributed by atoms with van der Waals surface area (Å²) < 4.78 is 5.58. The predicted octanol–water partition coefficient (Wildman–Crippen LogP) is 2.12. The fourth-order valence-electron chi connectivity index (χ4n) is 2.41. The van der Waals surface area contributed by atoms with Crippen molar-refractivity contribution in [3.63, 3.8) is 0 Å². The van der Waals surface area contributed by atoms with Gasteiger partial charge < -0.3 is 9.64 Å². The molecule has 1 aromatic rings. The van der Waals surface area contributed by atoms with Gasteiger partial charge in [0.1, 0.15) is 5.69 Å². The third-order valence-corrected chi connectivity index (χ3v) is 3.13. The molecule has 0 amide bonds. The third-order valence-electron chi connectivity index (χ3n) is 3.13. The molecule has 0 N–H and O–H groups in total. The minimum Gasteiger partial charge on any atom is -0.372 e. The van der Waals surface area contributed by atoms with Crippen molar-refractivity contribution in [2.75, 3.05) is 18.0 Å². The highest BCUT2D eigenvalue weighted by atomic mass is 16.6. The number of hydrogen-bond acceptors (Lipinski definition) is 6. The minimum atomic E-state index is -0.638. The van der Waals surface area contributed by atoms with Gasteiger partial charge in [0.05, 0.1) is 28.1 Å². The number of nitrogens with zero attached hydrogens (tertiary/aromatic N) is 3. The van der Waals surface area contributed by atoms with E-state index in [4.69, 9.17) is 4.74 Å². The Morgan fingerprint density at radius 3 is 2.25 bits per heavy atom. The summed E-state index contributed by atoms with van der Waals surface area (Å²) >= 11 is 0. The zero-order chi connectivity index (χ0) is 14.9. The molecule has 0 bridgehead atoms. The SMILES string of the molecule is CC1CN(c2ccc([N+](=O)[O-])cc2[N+](=O)[O-])CC(C)O1. The summed E-state index contributed by atoms with van der Waals surface area (Å²) in [6, 6.07) is 3.72. The first-order chi connectivity index (χ1) is 9.38. The van der Waals surface area contributed by atoms with Gasteiger partial charge in [-0.3, -0.25) is 20.2 Å². The zero-order valence-corrected chi connectivity index (χ0v) is 11.2. The van der Waals surface area contributed by atoms with E-state index in [2.05, 4.69) is 0 Å². The maximum atomic E-state index is 11.1.